The van der Waals surface area contributed by atoms with Crippen LogP contribution in [0.1, 0.15) is 23.1 Å². The molecule has 6 nitrogen and oxygen atoms in total. The van der Waals surface area contributed by atoms with Crippen LogP contribution in [0, 0.1) is 0 Å². The van der Waals surface area contributed by atoms with Gasteiger partial charge in [0.15, 0.2) is 5.96 Å². The maximum absolute atomic E-state index is 5.60. The first-order valence-electron chi connectivity index (χ1n) is 10.1. The van der Waals surface area contributed by atoms with Crippen molar-refractivity contribution in [1.29, 1.82) is 0 Å². The summed E-state index contributed by atoms with van der Waals surface area (Å²) in [5.74, 6) is 1.44. The molecule has 0 saturated carbocycles. The molecule has 2 N–H and O–H groups in total. The standard InChI is InChI=1S/C22H27N5OS.HI/c1-2-23-22(24-10-12-27-11-8-20-18(15-27)9-13-29-20)25-14-19-16-28-21(26-19)17-6-4-3-5-7-17;/h3-7,9,13,16H,2,8,10-12,14-15H2,1H3,(H2,23,24,25);1H. The first-order valence-corrected chi connectivity index (χ1v) is 11.0. The van der Waals surface area contributed by atoms with Gasteiger partial charge >= 0.3 is 0 Å². The third kappa shape index (κ3) is 6.05. The number of aromatic nitrogens is 1. The Labute approximate surface area is 198 Å². The summed E-state index contributed by atoms with van der Waals surface area (Å²) < 4.78 is 5.60. The van der Waals surface area contributed by atoms with E-state index in [1.54, 1.807) is 11.1 Å². The zero-order chi connectivity index (χ0) is 19.9. The summed E-state index contributed by atoms with van der Waals surface area (Å²) in [7, 11) is 0. The molecule has 0 atom stereocenters. The van der Waals surface area contributed by atoms with E-state index in [4.69, 9.17) is 4.42 Å². The molecule has 0 amide bonds. The van der Waals surface area contributed by atoms with E-state index < -0.39 is 0 Å². The summed E-state index contributed by atoms with van der Waals surface area (Å²) in [6.07, 6.45) is 2.85. The maximum Gasteiger partial charge on any atom is 0.226 e. The summed E-state index contributed by atoms with van der Waals surface area (Å²) in [5, 5.41) is 8.94. The van der Waals surface area contributed by atoms with Crippen molar-refractivity contribution in [2.45, 2.75) is 26.4 Å². The molecule has 0 spiro atoms. The van der Waals surface area contributed by atoms with Gasteiger partial charge in [0.25, 0.3) is 0 Å². The number of oxazole rings is 1. The third-order valence-electron chi connectivity index (χ3n) is 4.92. The monoisotopic (exact) mass is 537 g/mol. The van der Waals surface area contributed by atoms with Gasteiger partial charge in [-0.1, -0.05) is 18.2 Å². The molecule has 2 aromatic heterocycles. The van der Waals surface area contributed by atoms with Crippen LogP contribution < -0.4 is 10.6 Å². The van der Waals surface area contributed by atoms with Crippen molar-refractivity contribution < 1.29 is 4.42 Å². The number of thiophene rings is 1. The lowest BCUT2D eigenvalue weighted by Crippen LogP contribution is -2.42. The van der Waals surface area contributed by atoms with Crippen LogP contribution in [0.4, 0.5) is 0 Å². The second kappa shape index (κ2) is 11.5. The lowest BCUT2D eigenvalue weighted by Gasteiger charge is -2.27. The van der Waals surface area contributed by atoms with Crippen LogP contribution in [0.15, 0.2) is 57.5 Å². The highest BCUT2D eigenvalue weighted by Gasteiger charge is 2.16. The normalized spacial score (nSPS) is 14.1. The van der Waals surface area contributed by atoms with E-state index in [9.17, 15) is 0 Å². The highest BCUT2D eigenvalue weighted by molar-refractivity contribution is 14.0. The van der Waals surface area contributed by atoms with Crippen LogP contribution in [-0.4, -0.2) is 42.0 Å². The van der Waals surface area contributed by atoms with E-state index in [2.05, 4.69) is 43.9 Å². The minimum Gasteiger partial charge on any atom is -0.444 e. The van der Waals surface area contributed by atoms with E-state index in [1.807, 2.05) is 41.7 Å². The molecule has 8 heteroatoms. The molecule has 4 rings (SSSR count). The van der Waals surface area contributed by atoms with Gasteiger partial charge in [0.05, 0.1) is 6.54 Å². The Hall–Kier alpha value is -1.91. The molecule has 0 unspecified atom stereocenters. The Balaban J connectivity index is 0.00000256. The zero-order valence-corrected chi connectivity index (χ0v) is 20.3. The highest BCUT2D eigenvalue weighted by atomic mass is 127. The molecule has 0 radical (unpaired) electrons. The number of benzene rings is 1. The minimum absolute atomic E-state index is 0. The lowest BCUT2D eigenvalue weighted by atomic mass is 10.1. The molecule has 30 heavy (non-hydrogen) atoms. The van der Waals surface area contributed by atoms with Gasteiger partial charge in [-0.3, -0.25) is 4.90 Å². The Morgan fingerprint density at radius 1 is 1.23 bits per heavy atom. The molecule has 160 valence electrons. The topological polar surface area (TPSA) is 65.7 Å². The second-order valence-electron chi connectivity index (χ2n) is 7.03. The Morgan fingerprint density at radius 3 is 2.93 bits per heavy atom. The molecule has 0 bridgehead atoms. The summed E-state index contributed by atoms with van der Waals surface area (Å²) >= 11 is 1.88. The highest BCUT2D eigenvalue weighted by Crippen LogP contribution is 2.23. The quantitative estimate of drug-likeness (QED) is 0.270. The molecule has 1 aromatic carbocycles. The van der Waals surface area contributed by atoms with Gasteiger partial charge in [-0.15, -0.1) is 35.3 Å². The Bertz CT molecular complexity index is 940. The van der Waals surface area contributed by atoms with Crippen LogP contribution >= 0.6 is 35.3 Å². The second-order valence-corrected chi connectivity index (χ2v) is 8.03. The predicted molar refractivity (Wildman–Crippen MR) is 133 cm³/mol. The van der Waals surface area contributed by atoms with Crippen molar-refractivity contribution in [3.8, 4) is 11.5 Å². The van der Waals surface area contributed by atoms with E-state index in [1.165, 1.54) is 5.56 Å². The molecule has 0 aliphatic carbocycles. The smallest absolute Gasteiger partial charge is 0.226 e. The van der Waals surface area contributed by atoms with Gasteiger partial charge in [-0.2, -0.15) is 0 Å². The van der Waals surface area contributed by atoms with Gasteiger partial charge < -0.3 is 15.1 Å². The number of fused-ring (bicyclic) bond motifs is 1. The van der Waals surface area contributed by atoms with E-state index in [0.717, 1.165) is 56.4 Å². The maximum atomic E-state index is 5.60. The minimum atomic E-state index is 0. The number of halogens is 1. The van der Waals surface area contributed by atoms with Crippen LogP contribution in [0.3, 0.4) is 0 Å². The first-order chi connectivity index (χ1) is 14.3. The van der Waals surface area contributed by atoms with Crippen LogP contribution in [0.5, 0.6) is 0 Å². The number of nitrogens with zero attached hydrogens (tertiary/aromatic N) is 3. The van der Waals surface area contributed by atoms with Crippen molar-refractivity contribution in [3.05, 3.63) is 64.2 Å². The fourth-order valence-electron chi connectivity index (χ4n) is 3.42. The van der Waals surface area contributed by atoms with E-state index >= 15 is 0 Å². The average Bonchev–Trinajstić information content (AvgIpc) is 3.42. The Morgan fingerprint density at radius 2 is 2.10 bits per heavy atom. The van der Waals surface area contributed by atoms with Crippen molar-refractivity contribution in [2.24, 2.45) is 4.99 Å². The summed E-state index contributed by atoms with van der Waals surface area (Å²) in [4.78, 5) is 13.2. The lowest BCUT2D eigenvalue weighted by molar-refractivity contribution is 0.260. The molecule has 1 aliphatic heterocycles. The van der Waals surface area contributed by atoms with Gasteiger partial charge in [0.2, 0.25) is 5.89 Å². The van der Waals surface area contributed by atoms with Crippen molar-refractivity contribution in [3.63, 3.8) is 0 Å². The summed E-state index contributed by atoms with van der Waals surface area (Å²) in [6, 6.07) is 12.2. The van der Waals surface area contributed by atoms with Gasteiger partial charge in [0, 0.05) is 43.2 Å². The molecular weight excluding hydrogens is 509 g/mol. The summed E-state index contributed by atoms with van der Waals surface area (Å²) in [6.45, 7) is 7.42. The number of rotatable bonds is 7. The van der Waals surface area contributed by atoms with E-state index in [-0.39, 0.29) is 24.0 Å². The number of nitrogens with one attached hydrogen (secondary N) is 2. The molecule has 0 saturated heterocycles. The largest absolute Gasteiger partial charge is 0.444 e. The van der Waals surface area contributed by atoms with Crippen molar-refractivity contribution in [2.75, 3.05) is 26.2 Å². The van der Waals surface area contributed by atoms with Crippen molar-refractivity contribution in [1.82, 2.24) is 20.5 Å². The van der Waals surface area contributed by atoms with Gasteiger partial charge in [-0.25, -0.2) is 9.98 Å². The van der Waals surface area contributed by atoms with Crippen LogP contribution in [0.2, 0.25) is 0 Å². The molecule has 3 aromatic rings. The molecule has 0 fully saturated rings. The first kappa shape index (κ1) is 22.8. The number of hydrogen-bond donors (Lipinski definition) is 2. The fraction of sp³-hybridized carbons (Fsp3) is 0.364. The number of hydrogen-bond acceptors (Lipinski definition) is 5. The fourth-order valence-corrected chi connectivity index (χ4v) is 4.31. The SMILES string of the molecule is CCNC(=NCc1coc(-c2ccccc2)n1)NCCN1CCc2sccc2C1.I. The predicted octanol–water partition coefficient (Wildman–Crippen LogP) is 4.13. The zero-order valence-electron chi connectivity index (χ0n) is 17.1. The molecule has 3 heterocycles. The van der Waals surface area contributed by atoms with Crippen molar-refractivity contribution >= 4 is 41.3 Å². The van der Waals surface area contributed by atoms with Gasteiger partial charge in [0.1, 0.15) is 12.0 Å². The molecular formula is C22H28IN5OS. The van der Waals surface area contributed by atoms with Crippen LogP contribution in [-0.2, 0) is 19.5 Å². The third-order valence-corrected chi connectivity index (χ3v) is 5.95. The van der Waals surface area contributed by atoms with Gasteiger partial charge in [-0.05, 0) is 42.5 Å². The molecule has 1 aliphatic rings. The van der Waals surface area contributed by atoms with E-state index in [0.29, 0.717) is 12.4 Å². The number of aliphatic imine (C=N–C) groups is 1. The summed E-state index contributed by atoms with van der Waals surface area (Å²) in [5.41, 5.74) is 3.28. The number of guanidine groups is 1. The Kier molecular flexibility index (Phi) is 8.71. The average molecular weight is 537 g/mol. The van der Waals surface area contributed by atoms with Crippen LogP contribution in [0.25, 0.3) is 11.5 Å².